The maximum atomic E-state index is 12.8. The summed E-state index contributed by atoms with van der Waals surface area (Å²) in [7, 11) is 0. The number of primary amides is 1. The molecule has 0 unspecified atom stereocenters. The number of carbonyl (C=O) groups excluding carboxylic acids is 2. The van der Waals surface area contributed by atoms with E-state index >= 15 is 0 Å². The monoisotopic (exact) mass is 335 g/mol. The quantitative estimate of drug-likeness (QED) is 0.749. The van der Waals surface area contributed by atoms with Crippen LogP contribution in [-0.4, -0.2) is 16.8 Å². The molecule has 0 aliphatic heterocycles. The summed E-state index contributed by atoms with van der Waals surface area (Å²) in [6.07, 6.45) is 2.82. The van der Waals surface area contributed by atoms with Gasteiger partial charge < -0.3 is 15.5 Å². The third kappa shape index (κ3) is 3.42. The van der Waals surface area contributed by atoms with Crippen LogP contribution in [0.3, 0.4) is 0 Å². The van der Waals surface area contributed by atoms with Crippen molar-refractivity contribution in [2.24, 2.45) is 5.73 Å². The maximum absolute atomic E-state index is 12.8. The van der Waals surface area contributed by atoms with Crippen LogP contribution in [0.1, 0.15) is 39.2 Å². The van der Waals surface area contributed by atoms with Crippen LogP contribution in [0.25, 0.3) is 11.5 Å². The molecule has 6 nitrogen and oxygen atoms in total. The van der Waals surface area contributed by atoms with E-state index in [4.69, 9.17) is 10.2 Å². The zero-order chi connectivity index (χ0) is 17.8. The summed E-state index contributed by atoms with van der Waals surface area (Å²) in [5.41, 5.74) is 7.17. The first kappa shape index (κ1) is 16.4. The highest BCUT2D eigenvalue weighted by molar-refractivity contribution is 6.07. The number of benzene rings is 2. The predicted octanol–water partition coefficient (Wildman–Crippen LogP) is 2.93. The van der Waals surface area contributed by atoms with Crippen molar-refractivity contribution in [3.05, 3.63) is 77.7 Å². The Morgan fingerprint density at radius 1 is 1.08 bits per heavy atom. The van der Waals surface area contributed by atoms with Gasteiger partial charge in [-0.3, -0.25) is 9.59 Å². The normalized spacial score (nSPS) is 11.7. The van der Waals surface area contributed by atoms with Crippen LogP contribution in [0.2, 0.25) is 0 Å². The van der Waals surface area contributed by atoms with E-state index in [1.807, 2.05) is 37.3 Å². The summed E-state index contributed by atoms with van der Waals surface area (Å²) < 4.78 is 5.29. The number of carbonyl (C=O) groups is 2. The van der Waals surface area contributed by atoms with Crippen LogP contribution in [0, 0.1) is 0 Å². The summed E-state index contributed by atoms with van der Waals surface area (Å²) in [5.74, 6) is -0.821. The molecule has 3 rings (SSSR count). The fourth-order valence-corrected chi connectivity index (χ4v) is 2.62. The van der Waals surface area contributed by atoms with Crippen LogP contribution in [0.5, 0.6) is 0 Å². The van der Waals surface area contributed by atoms with Gasteiger partial charge in [0.15, 0.2) is 0 Å². The predicted molar refractivity (Wildman–Crippen MR) is 92.8 cm³/mol. The van der Waals surface area contributed by atoms with Gasteiger partial charge in [0, 0.05) is 0 Å². The highest BCUT2D eigenvalue weighted by atomic mass is 16.3. The average molecular weight is 335 g/mol. The SMILES string of the molecule is C[C@@H](NC(=O)c1cccc(C(N)=O)c1-c1ncco1)c1ccccc1. The minimum absolute atomic E-state index is 0.173. The Morgan fingerprint density at radius 3 is 2.44 bits per heavy atom. The molecule has 0 spiro atoms. The zero-order valence-electron chi connectivity index (χ0n) is 13.6. The van der Waals surface area contributed by atoms with Crippen LogP contribution >= 0.6 is 0 Å². The van der Waals surface area contributed by atoms with Gasteiger partial charge in [0.1, 0.15) is 6.26 Å². The molecule has 6 heteroatoms. The second-order valence-corrected chi connectivity index (χ2v) is 5.54. The topological polar surface area (TPSA) is 98.2 Å². The maximum Gasteiger partial charge on any atom is 0.252 e. The van der Waals surface area contributed by atoms with E-state index in [1.54, 1.807) is 18.2 Å². The van der Waals surface area contributed by atoms with Gasteiger partial charge in [-0.2, -0.15) is 0 Å². The average Bonchev–Trinajstić information content (AvgIpc) is 3.16. The number of nitrogens with two attached hydrogens (primary N) is 1. The van der Waals surface area contributed by atoms with Crippen molar-refractivity contribution in [2.45, 2.75) is 13.0 Å². The summed E-state index contributed by atoms with van der Waals surface area (Å²) in [4.78, 5) is 28.6. The minimum atomic E-state index is -0.654. The smallest absolute Gasteiger partial charge is 0.252 e. The molecule has 3 aromatic rings. The molecule has 1 heterocycles. The highest BCUT2D eigenvalue weighted by Crippen LogP contribution is 2.27. The molecule has 1 aromatic heterocycles. The summed E-state index contributed by atoms with van der Waals surface area (Å²) >= 11 is 0. The zero-order valence-corrected chi connectivity index (χ0v) is 13.6. The van der Waals surface area contributed by atoms with E-state index in [-0.39, 0.29) is 34.5 Å². The van der Waals surface area contributed by atoms with Crippen molar-refractivity contribution in [1.82, 2.24) is 10.3 Å². The molecule has 0 bridgehead atoms. The second kappa shape index (κ2) is 7.00. The van der Waals surface area contributed by atoms with Gasteiger partial charge in [0.05, 0.1) is 28.9 Å². The number of nitrogens with zero attached hydrogens (tertiary/aromatic N) is 1. The van der Waals surface area contributed by atoms with Gasteiger partial charge in [-0.1, -0.05) is 36.4 Å². The van der Waals surface area contributed by atoms with Gasteiger partial charge in [-0.25, -0.2) is 4.98 Å². The fourth-order valence-electron chi connectivity index (χ4n) is 2.62. The minimum Gasteiger partial charge on any atom is -0.444 e. The third-order valence-corrected chi connectivity index (χ3v) is 3.87. The van der Waals surface area contributed by atoms with Crippen molar-refractivity contribution >= 4 is 11.8 Å². The second-order valence-electron chi connectivity index (χ2n) is 5.54. The van der Waals surface area contributed by atoms with E-state index in [9.17, 15) is 9.59 Å². The Bertz CT molecular complexity index is 890. The van der Waals surface area contributed by atoms with Gasteiger partial charge in [-0.05, 0) is 24.6 Å². The van der Waals surface area contributed by atoms with E-state index in [2.05, 4.69) is 10.3 Å². The van der Waals surface area contributed by atoms with E-state index in [0.717, 1.165) is 5.56 Å². The molecule has 1 atom stereocenters. The molecule has 0 saturated carbocycles. The molecule has 0 saturated heterocycles. The molecule has 0 radical (unpaired) electrons. The molecule has 126 valence electrons. The third-order valence-electron chi connectivity index (χ3n) is 3.87. The molecular weight excluding hydrogens is 318 g/mol. The molecule has 2 amide bonds. The Kier molecular flexibility index (Phi) is 4.61. The molecule has 0 fully saturated rings. The van der Waals surface area contributed by atoms with Crippen molar-refractivity contribution in [3.8, 4) is 11.5 Å². The molecule has 3 N–H and O–H groups in total. The van der Waals surface area contributed by atoms with Crippen molar-refractivity contribution in [1.29, 1.82) is 0 Å². The Labute approximate surface area is 144 Å². The first-order valence-electron chi connectivity index (χ1n) is 7.76. The van der Waals surface area contributed by atoms with Crippen molar-refractivity contribution in [2.75, 3.05) is 0 Å². The lowest BCUT2D eigenvalue weighted by atomic mass is 9.99. The number of amides is 2. The molecule has 25 heavy (non-hydrogen) atoms. The number of aromatic nitrogens is 1. The fraction of sp³-hybridized carbons (Fsp3) is 0.105. The Balaban J connectivity index is 1.98. The lowest BCUT2D eigenvalue weighted by Crippen LogP contribution is -2.28. The number of hydrogen-bond acceptors (Lipinski definition) is 4. The first-order chi connectivity index (χ1) is 12.1. The molecule has 0 aliphatic carbocycles. The lowest BCUT2D eigenvalue weighted by molar-refractivity contribution is 0.0940. The number of oxazole rings is 1. The largest absolute Gasteiger partial charge is 0.444 e. The van der Waals surface area contributed by atoms with Gasteiger partial charge >= 0.3 is 0 Å². The summed E-state index contributed by atoms with van der Waals surface area (Å²) in [6.45, 7) is 1.88. The van der Waals surface area contributed by atoms with Crippen LogP contribution < -0.4 is 11.1 Å². The van der Waals surface area contributed by atoms with Crippen LogP contribution in [0.15, 0.2) is 65.4 Å². The van der Waals surface area contributed by atoms with Crippen LogP contribution in [0.4, 0.5) is 0 Å². The molecule has 2 aromatic carbocycles. The Morgan fingerprint density at radius 2 is 1.80 bits per heavy atom. The number of hydrogen-bond donors (Lipinski definition) is 2. The molecular formula is C19H17N3O3. The van der Waals surface area contributed by atoms with Gasteiger partial charge in [-0.15, -0.1) is 0 Å². The highest BCUT2D eigenvalue weighted by Gasteiger charge is 2.23. The van der Waals surface area contributed by atoms with E-state index < -0.39 is 5.91 Å². The van der Waals surface area contributed by atoms with Crippen LogP contribution in [-0.2, 0) is 0 Å². The standard InChI is InChI=1S/C19H17N3O3/c1-12(13-6-3-2-4-7-13)22-18(24)15-9-5-8-14(17(20)23)16(15)19-21-10-11-25-19/h2-12H,1H3,(H2,20,23)(H,22,24)/t12-/m1/s1. The summed E-state index contributed by atoms with van der Waals surface area (Å²) in [5, 5.41) is 2.92. The lowest BCUT2D eigenvalue weighted by Gasteiger charge is -2.16. The first-order valence-corrected chi connectivity index (χ1v) is 7.76. The van der Waals surface area contributed by atoms with Gasteiger partial charge in [0.2, 0.25) is 11.8 Å². The summed E-state index contributed by atoms with van der Waals surface area (Å²) in [6, 6.07) is 14.1. The van der Waals surface area contributed by atoms with Gasteiger partial charge in [0.25, 0.3) is 5.91 Å². The number of rotatable bonds is 5. The number of nitrogens with one attached hydrogen (secondary N) is 1. The molecule has 0 aliphatic rings. The Hall–Kier alpha value is -3.41. The van der Waals surface area contributed by atoms with E-state index in [1.165, 1.54) is 12.5 Å². The van der Waals surface area contributed by atoms with Crippen molar-refractivity contribution < 1.29 is 14.0 Å². The van der Waals surface area contributed by atoms with E-state index in [0.29, 0.717) is 0 Å². The van der Waals surface area contributed by atoms with Crippen molar-refractivity contribution in [3.63, 3.8) is 0 Å².